The maximum atomic E-state index is 11.3. The van der Waals surface area contributed by atoms with Gasteiger partial charge in [0.05, 0.1) is 0 Å². The molecular weight excluding hydrogens is 264 g/mol. The van der Waals surface area contributed by atoms with Gasteiger partial charge in [-0.1, -0.05) is 51.2 Å². The van der Waals surface area contributed by atoms with E-state index >= 15 is 0 Å². The minimum Gasteiger partial charge on any atom is -0.478 e. The summed E-state index contributed by atoms with van der Waals surface area (Å²) < 4.78 is 0. The Hall–Kier alpha value is -1.38. The molecule has 0 rings (SSSR count). The molecule has 0 aromatic rings. The van der Waals surface area contributed by atoms with Crippen molar-refractivity contribution in [1.29, 1.82) is 0 Å². The third-order valence-electron chi connectivity index (χ3n) is 3.35. The van der Waals surface area contributed by atoms with Crippen LogP contribution in [0.4, 0.5) is 0 Å². The van der Waals surface area contributed by atoms with Gasteiger partial charge >= 0.3 is 5.97 Å². The summed E-state index contributed by atoms with van der Waals surface area (Å²) in [7, 11) is 0. The van der Waals surface area contributed by atoms with Crippen LogP contribution in [0.2, 0.25) is 0 Å². The van der Waals surface area contributed by atoms with Gasteiger partial charge in [0.1, 0.15) is 0 Å². The smallest absolute Gasteiger partial charge is 0.328 e. The highest BCUT2D eigenvalue weighted by atomic mass is 16.4. The maximum absolute atomic E-state index is 11.3. The summed E-state index contributed by atoms with van der Waals surface area (Å²) in [5.74, 6) is -1.16. The van der Waals surface area contributed by atoms with Gasteiger partial charge in [0.15, 0.2) is 5.78 Å². The predicted molar refractivity (Wildman–Crippen MR) is 87.4 cm³/mol. The van der Waals surface area contributed by atoms with Crippen LogP contribution in [-0.4, -0.2) is 16.9 Å². The molecule has 0 radical (unpaired) electrons. The SMILES string of the molecule is CCCCCC/C=C\CCCCCCC(=O)/C=C/C(=O)O. The Morgan fingerprint density at radius 2 is 1.38 bits per heavy atom. The number of carbonyl (C=O) groups excluding carboxylic acids is 1. The second-order valence-electron chi connectivity index (χ2n) is 5.41. The van der Waals surface area contributed by atoms with Crippen molar-refractivity contribution >= 4 is 11.8 Å². The normalized spacial score (nSPS) is 11.5. The lowest BCUT2D eigenvalue weighted by Gasteiger charge is -1.98. The largest absolute Gasteiger partial charge is 0.478 e. The molecule has 0 aliphatic heterocycles. The van der Waals surface area contributed by atoms with E-state index in [1.54, 1.807) is 0 Å². The van der Waals surface area contributed by atoms with Crippen molar-refractivity contribution in [1.82, 2.24) is 0 Å². The molecule has 0 aliphatic rings. The molecule has 0 heterocycles. The summed E-state index contributed by atoms with van der Waals surface area (Å²) in [6.07, 6.45) is 18.9. The van der Waals surface area contributed by atoms with Gasteiger partial charge in [0, 0.05) is 12.5 Å². The summed E-state index contributed by atoms with van der Waals surface area (Å²) in [5, 5.41) is 8.39. The number of hydrogen-bond donors (Lipinski definition) is 1. The van der Waals surface area contributed by atoms with Crippen LogP contribution in [-0.2, 0) is 9.59 Å². The lowest BCUT2D eigenvalue weighted by atomic mass is 10.1. The second kappa shape index (κ2) is 15.0. The Bertz CT molecular complexity index is 329. The molecular formula is C18H30O3. The zero-order valence-electron chi connectivity index (χ0n) is 13.4. The van der Waals surface area contributed by atoms with Crippen LogP contribution in [0.15, 0.2) is 24.3 Å². The zero-order valence-corrected chi connectivity index (χ0v) is 13.4. The third-order valence-corrected chi connectivity index (χ3v) is 3.35. The number of rotatable bonds is 14. The molecule has 3 nitrogen and oxygen atoms in total. The fourth-order valence-corrected chi connectivity index (χ4v) is 2.09. The van der Waals surface area contributed by atoms with Crippen LogP contribution in [0.5, 0.6) is 0 Å². The topological polar surface area (TPSA) is 54.4 Å². The van der Waals surface area contributed by atoms with E-state index in [4.69, 9.17) is 5.11 Å². The molecule has 0 bridgehead atoms. The van der Waals surface area contributed by atoms with E-state index in [0.29, 0.717) is 6.42 Å². The molecule has 0 fully saturated rings. The van der Waals surface area contributed by atoms with Crippen LogP contribution in [0.25, 0.3) is 0 Å². The number of hydrogen-bond acceptors (Lipinski definition) is 2. The quantitative estimate of drug-likeness (QED) is 0.277. The Morgan fingerprint density at radius 1 is 0.810 bits per heavy atom. The van der Waals surface area contributed by atoms with Crippen molar-refractivity contribution in [3.63, 3.8) is 0 Å². The molecule has 3 heteroatoms. The minimum atomic E-state index is -1.06. The van der Waals surface area contributed by atoms with Gasteiger partial charge in [-0.05, 0) is 38.2 Å². The number of aliphatic carboxylic acids is 1. The van der Waals surface area contributed by atoms with Crippen molar-refractivity contribution < 1.29 is 14.7 Å². The van der Waals surface area contributed by atoms with Gasteiger partial charge in [-0.25, -0.2) is 4.79 Å². The van der Waals surface area contributed by atoms with E-state index in [0.717, 1.165) is 37.8 Å². The van der Waals surface area contributed by atoms with Gasteiger partial charge in [0.25, 0.3) is 0 Å². The Kier molecular flexibility index (Phi) is 14.0. The molecule has 0 atom stereocenters. The minimum absolute atomic E-state index is 0.0932. The average Bonchev–Trinajstić information content (AvgIpc) is 2.46. The molecule has 0 unspecified atom stereocenters. The third kappa shape index (κ3) is 16.6. The van der Waals surface area contributed by atoms with E-state index in [9.17, 15) is 9.59 Å². The fraction of sp³-hybridized carbons (Fsp3) is 0.667. The number of ketones is 1. The van der Waals surface area contributed by atoms with Crippen LogP contribution in [0.1, 0.15) is 77.6 Å². The predicted octanol–water partition coefficient (Wildman–Crippen LogP) is 5.06. The van der Waals surface area contributed by atoms with Crippen LogP contribution in [0, 0.1) is 0 Å². The number of carboxylic acids is 1. The molecule has 0 aromatic carbocycles. The maximum Gasteiger partial charge on any atom is 0.328 e. The lowest BCUT2D eigenvalue weighted by Crippen LogP contribution is -1.95. The summed E-state index contributed by atoms with van der Waals surface area (Å²) in [4.78, 5) is 21.5. The molecule has 0 amide bonds. The summed E-state index contributed by atoms with van der Waals surface area (Å²) in [6.45, 7) is 2.23. The van der Waals surface area contributed by atoms with E-state index < -0.39 is 5.97 Å². The summed E-state index contributed by atoms with van der Waals surface area (Å²) in [6, 6.07) is 0. The first kappa shape index (κ1) is 19.6. The van der Waals surface area contributed by atoms with Crippen molar-refractivity contribution in [3.8, 4) is 0 Å². The second-order valence-corrected chi connectivity index (χ2v) is 5.41. The van der Waals surface area contributed by atoms with Crippen LogP contribution < -0.4 is 0 Å². The standard InChI is InChI=1S/C18H30O3/c1-2-3-4-5-6-7-8-9-10-11-12-13-14-17(19)15-16-18(20)21/h7-8,15-16H,2-6,9-14H2,1H3,(H,20,21)/b8-7-,16-15+. The highest BCUT2D eigenvalue weighted by Gasteiger charge is 1.98. The highest BCUT2D eigenvalue weighted by molar-refractivity contribution is 5.95. The van der Waals surface area contributed by atoms with Crippen molar-refractivity contribution in [2.24, 2.45) is 0 Å². The van der Waals surface area contributed by atoms with E-state index in [-0.39, 0.29) is 5.78 Å². The summed E-state index contributed by atoms with van der Waals surface area (Å²) in [5.41, 5.74) is 0. The molecule has 1 N–H and O–H groups in total. The highest BCUT2D eigenvalue weighted by Crippen LogP contribution is 2.08. The lowest BCUT2D eigenvalue weighted by molar-refractivity contribution is -0.131. The monoisotopic (exact) mass is 294 g/mol. The van der Waals surface area contributed by atoms with Gasteiger partial charge in [0.2, 0.25) is 0 Å². The molecule has 0 spiro atoms. The van der Waals surface area contributed by atoms with Gasteiger partial charge in [-0.2, -0.15) is 0 Å². The Labute approximate surface area is 129 Å². The van der Waals surface area contributed by atoms with Gasteiger partial charge in [-0.15, -0.1) is 0 Å². The number of carbonyl (C=O) groups is 2. The van der Waals surface area contributed by atoms with Crippen molar-refractivity contribution in [2.45, 2.75) is 77.6 Å². The van der Waals surface area contributed by atoms with E-state index in [1.807, 2.05) is 0 Å². The summed E-state index contributed by atoms with van der Waals surface area (Å²) >= 11 is 0. The van der Waals surface area contributed by atoms with Crippen LogP contribution >= 0.6 is 0 Å². The van der Waals surface area contributed by atoms with Gasteiger partial charge < -0.3 is 5.11 Å². The molecule has 0 saturated carbocycles. The van der Waals surface area contributed by atoms with Gasteiger partial charge in [-0.3, -0.25) is 4.79 Å². The fourth-order valence-electron chi connectivity index (χ4n) is 2.09. The Balaban J connectivity index is 3.30. The van der Waals surface area contributed by atoms with E-state index in [1.165, 1.54) is 38.5 Å². The zero-order chi connectivity index (χ0) is 15.8. The number of unbranched alkanes of at least 4 members (excludes halogenated alkanes) is 8. The Morgan fingerprint density at radius 3 is 1.95 bits per heavy atom. The first-order chi connectivity index (χ1) is 10.2. The molecule has 0 aliphatic carbocycles. The number of carboxylic acid groups (broad SMARTS) is 1. The number of allylic oxidation sites excluding steroid dienone is 3. The first-order valence-corrected chi connectivity index (χ1v) is 8.25. The first-order valence-electron chi connectivity index (χ1n) is 8.25. The molecule has 0 saturated heterocycles. The molecule has 0 aromatic heterocycles. The van der Waals surface area contributed by atoms with Crippen molar-refractivity contribution in [3.05, 3.63) is 24.3 Å². The molecule has 21 heavy (non-hydrogen) atoms. The molecule has 120 valence electrons. The average molecular weight is 294 g/mol. The van der Waals surface area contributed by atoms with Crippen molar-refractivity contribution in [2.75, 3.05) is 0 Å². The van der Waals surface area contributed by atoms with Crippen LogP contribution in [0.3, 0.4) is 0 Å². The van der Waals surface area contributed by atoms with E-state index in [2.05, 4.69) is 19.1 Å².